The minimum absolute atomic E-state index is 0.147. The number of aryl methyl sites for hydroxylation is 2. The number of halogens is 3. The summed E-state index contributed by atoms with van der Waals surface area (Å²) in [5.41, 5.74) is 2.41. The molecule has 0 N–H and O–H groups in total. The molecule has 0 bridgehead atoms. The van der Waals surface area contributed by atoms with E-state index < -0.39 is 0 Å². The zero-order chi connectivity index (χ0) is 12.6. The van der Waals surface area contributed by atoms with Gasteiger partial charge in [0.05, 0.1) is 4.83 Å². The third-order valence-corrected chi connectivity index (χ3v) is 5.95. The van der Waals surface area contributed by atoms with Crippen LogP contribution in [-0.2, 0) is 0 Å². The summed E-state index contributed by atoms with van der Waals surface area (Å²) in [4.78, 5) is 2.75. The quantitative estimate of drug-likeness (QED) is 0.435. The van der Waals surface area contributed by atoms with Crippen molar-refractivity contribution >= 4 is 49.9 Å². The lowest BCUT2D eigenvalue weighted by atomic mass is 10.1. The molecule has 0 saturated heterocycles. The molecule has 4 heteroatoms. The zero-order valence-electron chi connectivity index (χ0n) is 9.43. The van der Waals surface area contributed by atoms with Crippen LogP contribution in [0, 0.1) is 23.2 Å². The molecule has 0 aliphatic heterocycles. The molecule has 90 valence electrons. The van der Waals surface area contributed by atoms with Crippen LogP contribution in [0.15, 0.2) is 24.3 Å². The lowest BCUT2D eigenvalue weighted by molar-refractivity contribution is 0.626. The van der Waals surface area contributed by atoms with Gasteiger partial charge in [-0.15, -0.1) is 11.3 Å². The van der Waals surface area contributed by atoms with Crippen LogP contribution in [-0.4, -0.2) is 0 Å². The van der Waals surface area contributed by atoms with Gasteiger partial charge in [0.15, 0.2) is 0 Å². The Morgan fingerprint density at radius 1 is 1.29 bits per heavy atom. The first-order chi connectivity index (χ1) is 7.99. The third kappa shape index (κ3) is 2.90. The van der Waals surface area contributed by atoms with Crippen molar-refractivity contribution in [2.24, 2.45) is 0 Å². The molecule has 0 aliphatic rings. The Balaban J connectivity index is 2.43. The van der Waals surface area contributed by atoms with Crippen LogP contribution < -0.4 is 0 Å². The monoisotopic (exact) mass is 424 g/mol. The highest BCUT2D eigenvalue weighted by molar-refractivity contribution is 14.1. The van der Waals surface area contributed by atoms with Crippen molar-refractivity contribution in [3.8, 4) is 0 Å². The van der Waals surface area contributed by atoms with Crippen molar-refractivity contribution in [3.05, 3.63) is 54.5 Å². The first-order valence-corrected chi connectivity index (χ1v) is 7.96. The molecule has 1 unspecified atom stereocenters. The van der Waals surface area contributed by atoms with Crippen molar-refractivity contribution in [3.63, 3.8) is 0 Å². The average Bonchev–Trinajstić information content (AvgIpc) is 2.57. The molecule has 0 aliphatic carbocycles. The van der Waals surface area contributed by atoms with Gasteiger partial charge in [-0.1, -0.05) is 22.0 Å². The van der Waals surface area contributed by atoms with Crippen molar-refractivity contribution in [1.29, 1.82) is 0 Å². The minimum atomic E-state index is -0.183. The SMILES string of the molecule is Cc1cc(C)c(C(Br)c2ccc(F)cc2I)s1. The fourth-order valence-electron chi connectivity index (χ4n) is 1.76. The van der Waals surface area contributed by atoms with Crippen LogP contribution in [0.4, 0.5) is 4.39 Å². The van der Waals surface area contributed by atoms with Crippen LogP contribution in [0.1, 0.15) is 25.7 Å². The molecule has 0 saturated carbocycles. The van der Waals surface area contributed by atoms with E-state index in [0.717, 1.165) is 9.13 Å². The number of benzene rings is 1. The molecular weight excluding hydrogens is 414 g/mol. The van der Waals surface area contributed by atoms with E-state index in [1.54, 1.807) is 17.4 Å². The number of thiophene rings is 1. The molecule has 0 fully saturated rings. The molecular formula is C13H11BrFIS. The standard InChI is InChI=1S/C13H11BrFIS/c1-7-5-8(2)17-13(7)12(14)10-4-3-9(15)6-11(10)16/h3-6,12H,1-2H3. The molecule has 1 atom stereocenters. The van der Waals surface area contributed by atoms with E-state index in [2.05, 4.69) is 58.4 Å². The second-order valence-corrected chi connectivity index (χ2v) is 7.30. The highest BCUT2D eigenvalue weighted by Crippen LogP contribution is 2.39. The number of rotatable bonds is 2. The minimum Gasteiger partial charge on any atom is -0.207 e. The van der Waals surface area contributed by atoms with Gasteiger partial charge in [-0.3, -0.25) is 0 Å². The molecule has 1 heterocycles. The van der Waals surface area contributed by atoms with Gasteiger partial charge >= 0.3 is 0 Å². The van der Waals surface area contributed by atoms with Gasteiger partial charge < -0.3 is 0 Å². The molecule has 1 aromatic carbocycles. The Morgan fingerprint density at radius 2 is 2.00 bits per heavy atom. The van der Waals surface area contributed by atoms with Gasteiger partial charge in [-0.05, 0) is 65.8 Å². The van der Waals surface area contributed by atoms with Crippen molar-refractivity contribution in [1.82, 2.24) is 0 Å². The van der Waals surface area contributed by atoms with Gasteiger partial charge in [0.2, 0.25) is 0 Å². The highest BCUT2D eigenvalue weighted by Gasteiger charge is 2.17. The van der Waals surface area contributed by atoms with E-state index in [0.29, 0.717) is 0 Å². The van der Waals surface area contributed by atoms with Crippen LogP contribution in [0.3, 0.4) is 0 Å². The molecule has 17 heavy (non-hydrogen) atoms. The summed E-state index contributed by atoms with van der Waals surface area (Å²) in [5, 5.41) is 0. The van der Waals surface area contributed by atoms with Gasteiger partial charge in [-0.2, -0.15) is 0 Å². The third-order valence-electron chi connectivity index (χ3n) is 2.55. The summed E-state index contributed by atoms with van der Waals surface area (Å²) >= 11 is 7.68. The fourth-order valence-corrected chi connectivity index (χ4v) is 5.05. The smallest absolute Gasteiger partial charge is 0.124 e. The Hall–Kier alpha value is 0.0600. The predicted molar refractivity (Wildman–Crippen MR) is 83.7 cm³/mol. The number of hydrogen-bond acceptors (Lipinski definition) is 1. The zero-order valence-corrected chi connectivity index (χ0v) is 14.0. The van der Waals surface area contributed by atoms with E-state index in [4.69, 9.17) is 0 Å². The van der Waals surface area contributed by atoms with E-state index in [1.165, 1.54) is 21.4 Å². The summed E-state index contributed by atoms with van der Waals surface area (Å²) < 4.78 is 14.0. The molecule has 2 rings (SSSR count). The molecule has 0 spiro atoms. The first-order valence-electron chi connectivity index (χ1n) is 5.15. The lowest BCUT2D eigenvalue weighted by Gasteiger charge is -2.12. The Bertz CT molecular complexity index is 550. The van der Waals surface area contributed by atoms with E-state index in [1.807, 2.05) is 6.07 Å². The second-order valence-electron chi connectivity index (χ2n) is 3.93. The predicted octanol–water partition coefficient (Wildman–Crippen LogP) is 5.59. The van der Waals surface area contributed by atoms with Crippen molar-refractivity contribution < 1.29 is 4.39 Å². The fraction of sp³-hybridized carbons (Fsp3) is 0.231. The Labute approximate surface area is 127 Å². The van der Waals surface area contributed by atoms with Crippen LogP contribution >= 0.6 is 49.9 Å². The molecule has 0 amide bonds. The number of hydrogen-bond donors (Lipinski definition) is 0. The summed E-state index contributed by atoms with van der Waals surface area (Å²) in [6, 6.07) is 7.12. The van der Waals surface area contributed by atoms with E-state index in [9.17, 15) is 4.39 Å². The largest absolute Gasteiger partial charge is 0.207 e. The van der Waals surface area contributed by atoms with E-state index in [-0.39, 0.29) is 10.6 Å². The topological polar surface area (TPSA) is 0 Å². The summed E-state index contributed by atoms with van der Waals surface area (Å²) in [5.74, 6) is -0.183. The van der Waals surface area contributed by atoms with Gasteiger partial charge in [-0.25, -0.2) is 4.39 Å². The molecule has 0 nitrogen and oxygen atoms in total. The van der Waals surface area contributed by atoms with Gasteiger partial charge in [0.1, 0.15) is 5.82 Å². The van der Waals surface area contributed by atoms with Crippen LogP contribution in [0.25, 0.3) is 0 Å². The van der Waals surface area contributed by atoms with Gasteiger partial charge in [0.25, 0.3) is 0 Å². The maximum absolute atomic E-state index is 13.1. The molecule has 0 radical (unpaired) electrons. The first kappa shape index (κ1) is 13.5. The van der Waals surface area contributed by atoms with Crippen LogP contribution in [0.2, 0.25) is 0 Å². The van der Waals surface area contributed by atoms with Crippen molar-refractivity contribution in [2.75, 3.05) is 0 Å². The Morgan fingerprint density at radius 3 is 2.53 bits per heavy atom. The van der Waals surface area contributed by atoms with E-state index >= 15 is 0 Å². The van der Waals surface area contributed by atoms with Crippen LogP contribution in [0.5, 0.6) is 0 Å². The maximum atomic E-state index is 13.1. The second kappa shape index (κ2) is 5.36. The normalized spacial score (nSPS) is 12.8. The summed E-state index contributed by atoms with van der Waals surface area (Å²) in [6.45, 7) is 4.22. The molecule has 2 aromatic rings. The summed E-state index contributed by atoms with van der Waals surface area (Å²) in [6.07, 6.45) is 0. The lowest BCUT2D eigenvalue weighted by Crippen LogP contribution is -1.95. The highest BCUT2D eigenvalue weighted by atomic mass is 127. The molecule has 1 aromatic heterocycles. The summed E-state index contributed by atoms with van der Waals surface area (Å²) in [7, 11) is 0. The Kier molecular flexibility index (Phi) is 4.26. The number of alkyl halides is 1. The average molecular weight is 425 g/mol. The van der Waals surface area contributed by atoms with Crippen molar-refractivity contribution in [2.45, 2.75) is 18.7 Å². The maximum Gasteiger partial charge on any atom is 0.124 e. The van der Waals surface area contributed by atoms with Gasteiger partial charge in [0, 0.05) is 13.3 Å².